The molecule has 0 unspecified atom stereocenters. The molecule has 6 heteroatoms. The van der Waals surface area contributed by atoms with Crippen LogP contribution in [0.3, 0.4) is 0 Å². The van der Waals surface area contributed by atoms with E-state index in [9.17, 15) is 9.18 Å². The molecule has 1 aromatic carbocycles. The van der Waals surface area contributed by atoms with Gasteiger partial charge in [-0.1, -0.05) is 19.1 Å². The molecule has 1 amide bonds. The van der Waals surface area contributed by atoms with Crippen molar-refractivity contribution in [2.24, 2.45) is 4.99 Å². The van der Waals surface area contributed by atoms with Crippen LogP contribution in [0.1, 0.15) is 25.3 Å². The molecule has 5 nitrogen and oxygen atoms in total. The fourth-order valence-corrected chi connectivity index (χ4v) is 1.70. The second-order valence-corrected chi connectivity index (χ2v) is 4.58. The number of nitrogens with zero attached hydrogens (tertiary/aromatic N) is 1. The molecule has 1 aromatic rings. The van der Waals surface area contributed by atoms with Crippen molar-refractivity contribution in [3.8, 4) is 0 Å². The van der Waals surface area contributed by atoms with Gasteiger partial charge in [-0.25, -0.2) is 4.39 Å². The molecule has 0 spiro atoms. The molecular formula is C15H23FN4O. The summed E-state index contributed by atoms with van der Waals surface area (Å²) in [5, 5.41) is 8.92. The van der Waals surface area contributed by atoms with Crippen LogP contribution in [0.25, 0.3) is 0 Å². The van der Waals surface area contributed by atoms with Crippen molar-refractivity contribution in [2.45, 2.75) is 26.3 Å². The lowest BCUT2D eigenvalue weighted by atomic mass is 10.2. The summed E-state index contributed by atoms with van der Waals surface area (Å²) < 4.78 is 13.0. The lowest BCUT2D eigenvalue weighted by molar-refractivity contribution is -0.120. The second-order valence-electron chi connectivity index (χ2n) is 4.58. The van der Waals surface area contributed by atoms with Crippen molar-refractivity contribution >= 4 is 11.9 Å². The highest BCUT2D eigenvalue weighted by Crippen LogP contribution is 2.02. The maximum Gasteiger partial charge on any atom is 0.221 e. The van der Waals surface area contributed by atoms with Gasteiger partial charge in [0.15, 0.2) is 5.96 Å². The molecule has 0 saturated carbocycles. The average molecular weight is 294 g/mol. The van der Waals surface area contributed by atoms with Gasteiger partial charge in [0.05, 0.1) is 0 Å². The van der Waals surface area contributed by atoms with Crippen LogP contribution in [-0.2, 0) is 11.3 Å². The van der Waals surface area contributed by atoms with Gasteiger partial charge in [0.25, 0.3) is 0 Å². The van der Waals surface area contributed by atoms with Gasteiger partial charge in [-0.3, -0.25) is 9.79 Å². The highest BCUT2D eigenvalue weighted by atomic mass is 19.1. The van der Waals surface area contributed by atoms with Crippen LogP contribution in [0.15, 0.2) is 29.3 Å². The Balaban J connectivity index is 2.28. The maximum absolute atomic E-state index is 13.0. The van der Waals surface area contributed by atoms with Crippen LogP contribution in [0.4, 0.5) is 4.39 Å². The molecule has 0 aliphatic rings. The van der Waals surface area contributed by atoms with E-state index in [-0.39, 0.29) is 11.7 Å². The Labute approximate surface area is 125 Å². The molecule has 0 aromatic heterocycles. The summed E-state index contributed by atoms with van der Waals surface area (Å²) in [6, 6.07) is 6.38. The van der Waals surface area contributed by atoms with Gasteiger partial charge < -0.3 is 16.0 Å². The van der Waals surface area contributed by atoms with E-state index in [1.807, 2.05) is 13.0 Å². The van der Waals surface area contributed by atoms with E-state index >= 15 is 0 Å². The minimum Gasteiger partial charge on any atom is -0.356 e. The summed E-state index contributed by atoms with van der Waals surface area (Å²) in [5.74, 6) is 0.345. The molecule has 116 valence electrons. The van der Waals surface area contributed by atoms with Gasteiger partial charge in [0.2, 0.25) is 5.91 Å². The van der Waals surface area contributed by atoms with Crippen molar-refractivity contribution in [3.63, 3.8) is 0 Å². The number of halogens is 1. The lowest BCUT2D eigenvalue weighted by Gasteiger charge is -2.12. The zero-order chi connectivity index (χ0) is 15.5. The average Bonchev–Trinajstić information content (AvgIpc) is 2.48. The summed E-state index contributed by atoms with van der Waals surface area (Å²) in [6.07, 6.45) is 1.32. The summed E-state index contributed by atoms with van der Waals surface area (Å²) in [7, 11) is 1.65. The molecule has 21 heavy (non-hydrogen) atoms. The summed E-state index contributed by atoms with van der Waals surface area (Å²) in [4.78, 5) is 15.5. The number of hydrogen-bond donors (Lipinski definition) is 3. The van der Waals surface area contributed by atoms with Crippen molar-refractivity contribution in [2.75, 3.05) is 20.1 Å². The monoisotopic (exact) mass is 294 g/mol. The maximum atomic E-state index is 13.0. The summed E-state index contributed by atoms with van der Waals surface area (Å²) >= 11 is 0. The van der Waals surface area contributed by atoms with E-state index in [0.717, 1.165) is 12.0 Å². The number of hydrogen-bond acceptors (Lipinski definition) is 2. The Bertz CT molecular complexity index is 476. The first-order chi connectivity index (χ1) is 10.2. The molecule has 1 rings (SSSR count). The molecule has 0 heterocycles. The minimum absolute atomic E-state index is 0.0185. The van der Waals surface area contributed by atoms with E-state index in [0.29, 0.717) is 32.0 Å². The number of guanidine groups is 1. The van der Waals surface area contributed by atoms with Gasteiger partial charge in [0.1, 0.15) is 5.82 Å². The number of benzene rings is 1. The topological polar surface area (TPSA) is 65.5 Å². The molecule has 0 atom stereocenters. The zero-order valence-corrected chi connectivity index (χ0v) is 12.6. The van der Waals surface area contributed by atoms with Crippen molar-refractivity contribution in [3.05, 3.63) is 35.6 Å². The Kier molecular flexibility index (Phi) is 7.86. The van der Waals surface area contributed by atoms with Crippen molar-refractivity contribution in [1.29, 1.82) is 0 Å². The van der Waals surface area contributed by atoms with Gasteiger partial charge in [0, 0.05) is 33.1 Å². The largest absolute Gasteiger partial charge is 0.356 e. The molecule has 0 saturated heterocycles. The smallest absolute Gasteiger partial charge is 0.221 e. The molecule has 0 fully saturated rings. The summed E-state index contributed by atoms with van der Waals surface area (Å²) in [5.41, 5.74) is 0.832. The fourth-order valence-electron chi connectivity index (χ4n) is 1.70. The van der Waals surface area contributed by atoms with E-state index in [4.69, 9.17) is 0 Å². The zero-order valence-electron chi connectivity index (χ0n) is 12.6. The van der Waals surface area contributed by atoms with Crippen molar-refractivity contribution < 1.29 is 9.18 Å². The highest BCUT2D eigenvalue weighted by Gasteiger charge is 2.02. The number of amides is 1. The molecule has 0 radical (unpaired) electrons. The number of carbonyl (C=O) groups excluding carboxylic acids is 1. The van der Waals surface area contributed by atoms with Gasteiger partial charge in [-0.15, -0.1) is 0 Å². The van der Waals surface area contributed by atoms with E-state index in [1.165, 1.54) is 12.1 Å². The molecular weight excluding hydrogens is 271 g/mol. The number of aliphatic imine (C=N–C) groups is 1. The lowest BCUT2D eigenvalue weighted by Crippen LogP contribution is -2.39. The van der Waals surface area contributed by atoms with Crippen LogP contribution in [0, 0.1) is 5.82 Å². The van der Waals surface area contributed by atoms with Gasteiger partial charge in [-0.05, 0) is 24.1 Å². The van der Waals surface area contributed by atoms with Crippen LogP contribution in [0.2, 0.25) is 0 Å². The fraction of sp³-hybridized carbons (Fsp3) is 0.467. The first-order valence-electron chi connectivity index (χ1n) is 7.11. The van der Waals surface area contributed by atoms with Gasteiger partial charge >= 0.3 is 0 Å². The predicted molar refractivity (Wildman–Crippen MR) is 82.5 cm³/mol. The third kappa shape index (κ3) is 7.29. The number of carbonyl (C=O) groups is 1. The molecule has 0 aliphatic carbocycles. The van der Waals surface area contributed by atoms with Crippen LogP contribution < -0.4 is 16.0 Å². The predicted octanol–water partition coefficient (Wildman–Crippen LogP) is 1.41. The number of nitrogens with one attached hydrogen (secondary N) is 3. The third-order valence-electron chi connectivity index (χ3n) is 2.79. The van der Waals surface area contributed by atoms with Gasteiger partial charge in [-0.2, -0.15) is 0 Å². The Morgan fingerprint density at radius 2 is 2.05 bits per heavy atom. The van der Waals surface area contributed by atoms with E-state index < -0.39 is 0 Å². The second kappa shape index (κ2) is 9.74. The Morgan fingerprint density at radius 1 is 1.24 bits per heavy atom. The Morgan fingerprint density at radius 3 is 2.71 bits per heavy atom. The molecule has 0 aliphatic heterocycles. The first-order valence-corrected chi connectivity index (χ1v) is 7.11. The first kappa shape index (κ1) is 16.9. The molecule has 0 bridgehead atoms. The normalized spacial score (nSPS) is 11.1. The number of rotatable bonds is 7. The third-order valence-corrected chi connectivity index (χ3v) is 2.79. The molecule has 3 N–H and O–H groups in total. The van der Waals surface area contributed by atoms with Crippen molar-refractivity contribution in [1.82, 2.24) is 16.0 Å². The SMILES string of the molecule is CCCNC(=O)CCNC(=NC)NCc1cccc(F)c1. The van der Waals surface area contributed by atoms with E-state index in [2.05, 4.69) is 20.9 Å². The van der Waals surface area contributed by atoms with E-state index in [1.54, 1.807) is 13.1 Å². The summed E-state index contributed by atoms with van der Waals surface area (Å²) in [6.45, 7) is 3.68. The van der Waals surface area contributed by atoms with Crippen LogP contribution in [0.5, 0.6) is 0 Å². The quantitative estimate of drug-likeness (QED) is 0.526. The minimum atomic E-state index is -0.259. The van der Waals surface area contributed by atoms with Crippen LogP contribution >= 0.6 is 0 Å². The Hall–Kier alpha value is -2.11. The van der Waals surface area contributed by atoms with Crippen LogP contribution in [-0.4, -0.2) is 32.0 Å². The standard InChI is InChI=1S/C15H23FN4O/c1-3-8-18-14(21)7-9-19-15(17-2)20-11-12-5-4-6-13(16)10-12/h4-6,10H,3,7-9,11H2,1-2H3,(H,18,21)(H2,17,19,20). The highest BCUT2D eigenvalue weighted by molar-refractivity contribution is 5.81.